The Kier molecular flexibility index (Phi) is 6.68. The first-order valence-electron chi connectivity index (χ1n) is 10.9. The zero-order chi connectivity index (χ0) is 23.6. The summed E-state index contributed by atoms with van der Waals surface area (Å²) in [5.74, 6) is 0.803. The van der Waals surface area contributed by atoms with E-state index in [0.717, 1.165) is 4.90 Å². The summed E-state index contributed by atoms with van der Waals surface area (Å²) in [6.07, 6.45) is 0. The van der Waals surface area contributed by atoms with Gasteiger partial charge in [-0.1, -0.05) is 0 Å². The van der Waals surface area contributed by atoms with Crippen LogP contribution in [0.3, 0.4) is 0 Å². The van der Waals surface area contributed by atoms with Gasteiger partial charge in [-0.25, -0.2) is 8.42 Å². The van der Waals surface area contributed by atoms with E-state index in [2.05, 4.69) is 5.32 Å². The van der Waals surface area contributed by atoms with Crippen LogP contribution in [0.2, 0.25) is 0 Å². The number of ketones is 1. The van der Waals surface area contributed by atoms with Crippen LogP contribution >= 0.6 is 0 Å². The second-order valence-corrected chi connectivity index (χ2v) is 10.2. The van der Waals surface area contributed by atoms with Gasteiger partial charge < -0.3 is 19.7 Å². The van der Waals surface area contributed by atoms with Crippen LogP contribution in [0.15, 0.2) is 47.4 Å². The van der Waals surface area contributed by atoms with Crippen molar-refractivity contribution in [1.82, 2.24) is 4.31 Å². The zero-order valence-corrected chi connectivity index (χ0v) is 19.5. The van der Waals surface area contributed by atoms with E-state index in [4.69, 9.17) is 9.47 Å². The number of hydrogen-bond acceptors (Lipinski definition) is 6. The number of ether oxygens (including phenoxy) is 2. The van der Waals surface area contributed by atoms with Crippen LogP contribution in [-0.4, -0.2) is 69.8 Å². The predicted molar refractivity (Wildman–Crippen MR) is 121 cm³/mol. The van der Waals surface area contributed by atoms with E-state index in [1.54, 1.807) is 30.3 Å². The van der Waals surface area contributed by atoms with Gasteiger partial charge in [0.25, 0.3) is 5.91 Å². The fourth-order valence-electron chi connectivity index (χ4n) is 4.00. The Labute approximate surface area is 193 Å². The molecule has 176 valence electrons. The lowest BCUT2D eigenvalue weighted by molar-refractivity contribution is -0.917. The van der Waals surface area contributed by atoms with Crippen molar-refractivity contribution in [3.63, 3.8) is 0 Å². The lowest BCUT2D eigenvalue weighted by Crippen LogP contribution is -3.19. The van der Waals surface area contributed by atoms with E-state index in [0.29, 0.717) is 62.1 Å². The minimum Gasteiger partial charge on any atom is -0.486 e. The molecule has 0 unspecified atom stereocenters. The number of nitrogens with zero attached hydrogens (tertiary/aromatic N) is 1. The van der Waals surface area contributed by atoms with Crippen LogP contribution in [-0.2, 0) is 14.8 Å². The van der Waals surface area contributed by atoms with E-state index in [1.165, 1.54) is 23.4 Å². The number of piperazine rings is 1. The number of Topliss-reactive ketones (excluding diaryl/α,β-unsaturated/α-hetero) is 1. The number of quaternary nitrogens is 1. The predicted octanol–water partition coefficient (Wildman–Crippen LogP) is 0.577. The van der Waals surface area contributed by atoms with Crippen LogP contribution in [0.5, 0.6) is 11.5 Å². The van der Waals surface area contributed by atoms with Crippen molar-refractivity contribution >= 4 is 27.4 Å². The largest absolute Gasteiger partial charge is 0.486 e. The minimum absolute atomic E-state index is 0.0326. The first-order valence-corrected chi connectivity index (χ1v) is 12.4. The molecule has 1 fully saturated rings. The van der Waals surface area contributed by atoms with Crippen molar-refractivity contribution in [3.05, 3.63) is 48.0 Å². The van der Waals surface area contributed by atoms with Crippen molar-refractivity contribution < 1.29 is 32.4 Å². The number of carbonyl (C=O) groups excluding carboxylic acids is 2. The second kappa shape index (κ2) is 9.50. The van der Waals surface area contributed by atoms with Gasteiger partial charge in [-0.2, -0.15) is 4.31 Å². The lowest BCUT2D eigenvalue weighted by atomic mass is 10.1. The number of rotatable bonds is 6. The summed E-state index contributed by atoms with van der Waals surface area (Å²) in [5.41, 5.74) is 1.21. The van der Waals surface area contributed by atoms with Gasteiger partial charge in [-0.15, -0.1) is 0 Å². The molecule has 0 bridgehead atoms. The lowest BCUT2D eigenvalue weighted by Gasteiger charge is -2.34. The van der Waals surface area contributed by atoms with Gasteiger partial charge in [0.15, 0.2) is 23.3 Å². The quantitative estimate of drug-likeness (QED) is 0.594. The van der Waals surface area contributed by atoms with Gasteiger partial charge in [0.2, 0.25) is 10.0 Å². The number of hydrogen-bond donors (Lipinski definition) is 2. The molecule has 0 aromatic heterocycles. The number of sulfonamides is 1. The fourth-order valence-corrected chi connectivity index (χ4v) is 5.46. The number of amides is 1. The molecule has 1 atom stereocenters. The number of benzene rings is 2. The Hall–Kier alpha value is -2.95. The highest BCUT2D eigenvalue weighted by atomic mass is 32.2. The summed E-state index contributed by atoms with van der Waals surface area (Å²) in [5, 5.41) is 2.87. The van der Waals surface area contributed by atoms with Crippen molar-refractivity contribution in [2.24, 2.45) is 0 Å². The van der Waals surface area contributed by atoms with Gasteiger partial charge >= 0.3 is 0 Å². The smallest absolute Gasteiger partial charge is 0.282 e. The van der Waals surface area contributed by atoms with Crippen molar-refractivity contribution in [3.8, 4) is 11.5 Å². The van der Waals surface area contributed by atoms with Gasteiger partial charge in [0.05, 0.1) is 31.1 Å². The zero-order valence-electron chi connectivity index (χ0n) is 18.7. The molecular formula is C23H28N3O6S+. The summed E-state index contributed by atoms with van der Waals surface area (Å²) in [7, 11) is -3.67. The molecular weight excluding hydrogens is 446 g/mol. The van der Waals surface area contributed by atoms with Crippen LogP contribution in [0.1, 0.15) is 24.2 Å². The second-order valence-electron chi connectivity index (χ2n) is 8.21. The van der Waals surface area contributed by atoms with E-state index < -0.39 is 10.0 Å². The molecule has 0 saturated carbocycles. The van der Waals surface area contributed by atoms with E-state index in [1.807, 2.05) is 6.92 Å². The Morgan fingerprint density at radius 2 is 1.64 bits per heavy atom. The first kappa shape index (κ1) is 23.2. The van der Waals surface area contributed by atoms with Crippen LogP contribution in [0, 0.1) is 0 Å². The third kappa shape index (κ3) is 5.02. The topological polar surface area (TPSA) is 106 Å². The van der Waals surface area contributed by atoms with Gasteiger partial charge in [0.1, 0.15) is 13.2 Å². The molecule has 33 heavy (non-hydrogen) atoms. The van der Waals surface area contributed by atoms with Crippen molar-refractivity contribution in [2.75, 3.05) is 44.7 Å². The molecule has 9 nitrogen and oxygen atoms in total. The fraction of sp³-hybridized carbons (Fsp3) is 0.391. The normalized spacial score (nSPS) is 17.9. The Bertz CT molecular complexity index is 1140. The molecule has 10 heteroatoms. The third-order valence-corrected chi connectivity index (χ3v) is 7.98. The highest BCUT2D eigenvalue weighted by Crippen LogP contribution is 2.33. The third-order valence-electron chi connectivity index (χ3n) is 6.08. The molecule has 2 aromatic rings. The number of carbonyl (C=O) groups is 2. The maximum Gasteiger partial charge on any atom is 0.282 e. The number of nitrogens with one attached hydrogen (secondary N) is 2. The SMILES string of the molecule is CC(=O)c1ccc(NC(=O)[C@H](C)[NH+]2CCN(S(=O)(=O)c3ccc4c(c3)OCCO4)CC2)cc1. The summed E-state index contributed by atoms with van der Waals surface area (Å²) >= 11 is 0. The molecule has 1 saturated heterocycles. The average Bonchev–Trinajstić information content (AvgIpc) is 2.83. The van der Waals surface area contributed by atoms with Gasteiger partial charge in [-0.05, 0) is 50.2 Å². The number of anilines is 1. The van der Waals surface area contributed by atoms with Crippen molar-refractivity contribution in [1.29, 1.82) is 0 Å². The van der Waals surface area contributed by atoms with Crippen molar-refractivity contribution in [2.45, 2.75) is 24.8 Å². The Morgan fingerprint density at radius 1 is 1.00 bits per heavy atom. The molecule has 2 N–H and O–H groups in total. The first-order chi connectivity index (χ1) is 15.8. The molecule has 0 radical (unpaired) electrons. The van der Waals surface area contributed by atoms with Crippen LogP contribution < -0.4 is 19.7 Å². The average molecular weight is 475 g/mol. The van der Waals surface area contributed by atoms with Crippen LogP contribution in [0.25, 0.3) is 0 Å². The molecule has 0 spiro atoms. The Balaban J connectivity index is 1.35. The molecule has 4 rings (SSSR count). The molecule has 2 heterocycles. The molecule has 1 amide bonds. The van der Waals surface area contributed by atoms with Crippen LogP contribution in [0.4, 0.5) is 5.69 Å². The Morgan fingerprint density at radius 3 is 2.27 bits per heavy atom. The van der Waals surface area contributed by atoms with E-state index in [9.17, 15) is 18.0 Å². The van der Waals surface area contributed by atoms with Gasteiger partial charge in [-0.3, -0.25) is 9.59 Å². The monoisotopic (exact) mass is 474 g/mol. The maximum atomic E-state index is 13.1. The summed E-state index contributed by atoms with van der Waals surface area (Å²) in [4.78, 5) is 25.3. The summed E-state index contributed by atoms with van der Waals surface area (Å²) in [6.45, 7) is 5.82. The van der Waals surface area contributed by atoms with Gasteiger partial charge in [0, 0.05) is 17.3 Å². The summed E-state index contributed by atoms with van der Waals surface area (Å²) in [6, 6.07) is 11.1. The minimum atomic E-state index is -3.67. The molecule has 2 aliphatic heterocycles. The molecule has 2 aliphatic rings. The van der Waals surface area contributed by atoms with E-state index in [-0.39, 0.29) is 22.6 Å². The number of fused-ring (bicyclic) bond motifs is 1. The maximum absolute atomic E-state index is 13.1. The highest BCUT2D eigenvalue weighted by molar-refractivity contribution is 7.89. The highest BCUT2D eigenvalue weighted by Gasteiger charge is 2.35. The molecule has 2 aromatic carbocycles. The molecule has 0 aliphatic carbocycles. The summed E-state index contributed by atoms with van der Waals surface area (Å²) < 4.78 is 38.7. The van der Waals surface area contributed by atoms with E-state index >= 15 is 0 Å². The standard InChI is InChI=1S/C23H27N3O6S/c1-16(23(28)24-19-5-3-18(4-6-19)17(2)27)25-9-11-26(12-10-25)33(29,30)20-7-8-21-22(15-20)32-14-13-31-21/h3-8,15-16H,9-14H2,1-2H3,(H,24,28)/p+1/t16-/m0/s1.